The molecule has 1 unspecified atom stereocenters. The molecule has 0 aliphatic carbocycles. The van der Waals surface area contributed by atoms with Crippen LogP contribution < -0.4 is 0 Å². The average Bonchev–Trinajstić information content (AvgIpc) is 2.60. The Morgan fingerprint density at radius 3 is 2.42 bits per heavy atom. The Bertz CT molecular complexity index is 410. The van der Waals surface area contributed by atoms with Gasteiger partial charge in [0.2, 0.25) is 0 Å². The highest BCUT2D eigenvalue weighted by atomic mass is 28.4. The zero-order chi connectivity index (χ0) is 18.1. The molecule has 1 heterocycles. The van der Waals surface area contributed by atoms with E-state index in [-0.39, 0.29) is 17.8 Å². The van der Waals surface area contributed by atoms with Crippen molar-refractivity contribution in [3.63, 3.8) is 0 Å². The van der Waals surface area contributed by atoms with E-state index in [1.807, 2.05) is 0 Å². The first-order chi connectivity index (χ1) is 11.5. The van der Waals surface area contributed by atoms with Gasteiger partial charge in [0.15, 0.2) is 0 Å². The van der Waals surface area contributed by atoms with Crippen LogP contribution in [0.3, 0.4) is 0 Å². The molecule has 6 nitrogen and oxygen atoms in total. The number of carbonyl (C=O) groups excluding carboxylic acids is 1. The fourth-order valence-electron chi connectivity index (χ4n) is 3.40. The van der Waals surface area contributed by atoms with E-state index in [4.69, 9.17) is 23.1 Å². The molecule has 0 radical (unpaired) electrons. The molecule has 1 aliphatic heterocycles. The van der Waals surface area contributed by atoms with Crippen molar-refractivity contribution in [3.8, 4) is 0 Å². The van der Waals surface area contributed by atoms with Crippen LogP contribution in [-0.2, 0) is 27.9 Å². The molecular formula is C17H32O6Si. The van der Waals surface area contributed by atoms with E-state index < -0.39 is 8.56 Å². The second-order valence-electron chi connectivity index (χ2n) is 6.20. The van der Waals surface area contributed by atoms with Crippen molar-refractivity contribution in [2.45, 2.75) is 50.3 Å². The van der Waals surface area contributed by atoms with Crippen LogP contribution in [0.5, 0.6) is 0 Å². The number of esters is 1. The summed E-state index contributed by atoms with van der Waals surface area (Å²) in [5, 5.41) is -0.315. The van der Waals surface area contributed by atoms with E-state index in [2.05, 4.69) is 6.58 Å². The number of hydrogen-bond donors (Lipinski definition) is 0. The highest BCUT2D eigenvalue weighted by Gasteiger charge is 2.58. The molecule has 24 heavy (non-hydrogen) atoms. The Morgan fingerprint density at radius 1 is 1.12 bits per heavy atom. The van der Waals surface area contributed by atoms with Crippen LogP contribution in [0.25, 0.3) is 0 Å². The summed E-state index contributed by atoms with van der Waals surface area (Å²) in [4.78, 5) is 11.2. The Kier molecular flexibility index (Phi) is 9.15. The number of methoxy groups -OCH3 is 1. The summed E-state index contributed by atoms with van der Waals surface area (Å²) in [6, 6.07) is 0.964. The molecule has 7 heteroatoms. The highest BCUT2D eigenvalue weighted by Crippen LogP contribution is 2.42. The zero-order valence-corrected chi connectivity index (χ0v) is 16.5. The Balaban J connectivity index is 2.38. The molecule has 0 amide bonds. The lowest BCUT2D eigenvalue weighted by Gasteiger charge is -2.48. The second-order valence-corrected chi connectivity index (χ2v) is 9.93. The predicted octanol–water partition coefficient (Wildman–Crippen LogP) is 2.75. The minimum atomic E-state index is -2.37. The molecule has 1 aliphatic rings. The highest BCUT2D eigenvalue weighted by molar-refractivity contribution is 6.70. The molecule has 0 bridgehead atoms. The van der Waals surface area contributed by atoms with Gasteiger partial charge in [-0.15, -0.1) is 0 Å². The molecule has 1 rings (SSSR count). The molecule has 0 aromatic rings. The van der Waals surface area contributed by atoms with Gasteiger partial charge >= 0.3 is 14.5 Å². The fraction of sp³-hybridized carbons (Fsp3) is 0.824. The van der Waals surface area contributed by atoms with Crippen molar-refractivity contribution in [2.75, 3.05) is 41.2 Å². The summed E-state index contributed by atoms with van der Waals surface area (Å²) in [6.07, 6.45) is 4.93. The van der Waals surface area contributed by atoms with Crippen molar-refractivity contribution in [3.05, 3.63) is 12.2 Å². The van der Waals surface area contributed by atoms with E-state index in [9.17, 15) is 4.79 Å². The predicted molar refractivity (Wildman–Crippen MR) is 94.0 cm³/mol. The smallest absolute Gasteiger partial charge is 0.370 e. The van der Waals surface area contributed by atoms with Gasteiger partial charge in [-0.05, 0) is 32.2 Å². The van der Waals surface area contributed by atoms with Gasteiger partial charge in [0.25, 0.3) is 0 Å². The molecule has 1 atom stereocenters. The fourth-order valence-corrected chi connectivity index (χ4v) is 7.32. The van der Waals surface area contributed by atoms with Crippen molar-refractivity contribution in [2.24, 2.45) is 0 Å². The van der Waals surface area contributed by atoms with Crippen molar-refractivity contribution >= 4 is 14.5 Å². The lowest BCUT2D eigenvalue weighted by atomic mass is 10.1. The second kappa shape index (κ2) is 10.3. The maximum absolute atomic E-state index is 11.2. The van der Waals surface area contributed by atoms with Gasteiger partial charge in [-0.1, -0.05) is 19.4 Å². The number of hydrogen-bond acceptors (Lipinski definition) is 6. The molecule has 0 N–H and O–H groups in total. The molecule has 140 valence electrons. The molecule has 0 saturated carbocycles. The number of ether oxygens (including phenoxy) is 3. The molecular weight excluding hydrogens is 328 g/mol. The lowest BCUT2D eigenvalue weighted by molar-refractivity contribution is -0.140. The van der Waals surface area contributed by atoms with Gasteiger partial charge in [0.1, 0.15) is 11.8 Å². The van der Waals surface area contributed by atoms with Crippen molar-refractivity contribution < 1.29 is 27.9 Å². The molecule has 1 saturated heterocycles. The summed E-state index contributed by atoms with van der Waals surface area (Å²) in [7, 11) is 2.86. The zero-order valence-electron chi connectivity index (χ0n) is 15.5. The van der Waals surface area contributed by atoms with Crippen LogP contribution in [0.15, 0.2) is 12.2 Å². The third-order valence-corrected chi connectivity index (χ3v) is 9.18. The third-order valence-electron chi connectivity index (χ3n) is 4.76. The molecule has 0 aromatic heterocycles. The van der Waals surface area contributed by atoms with E-state index in [1.54, 1.807) is 28.3 Å². The average molecular weight is 361 g/mol. The van der Waals surface area contributed by atoms with Crippen molar-refractivity contribution in [1.82, 2.24) is 0 Å². The van der Waals surface area contributed by atoms with Gasteiger partial charge in [0, 0.05) is 33.5 Å². The van der Waals surface area contributed by atoms with Crippen molar-refractivity contribution in [1.29, 1.82) is 0 Å². The van der Waals surface area contributed by atoms with E-state index in [0.29, 0.717) is 18.8 Å². The van der Waals surface area contributed by atoms with Gasteiger partial charge in [-0.25, -0.2) is 4.79 Å². The molecule has 1 fully saturated rings. The Hall–Kier alpha value is -0.733. The van der Waals surface area contributed by atoms with Gasteiger partial charge in [-0.2, -0.15) is 0 Å². The minimum Gasteiger partial charge on any atom is -0.460 e. The van der Waals surface area contributed by atoms with Gasteiger partial charge in [-0.3, -0.25) is 0 Å². The van der Waals surface area contributed by atoms with E-state index >= 15 is 0 Å². The summed E-state index contributed by atoms with van der Waals surface area (Å²) < 4.78 is 28.2. The SMILES string of the molecule is C=C(C)C(=O)OCCOCCCC1(OC)CCCC[Si]1(OC)OC. The Morgan fingerprint density at radius 2 is 1.83 bits per heavy atom. The minimum absolute atomic E-state index is 0.246. The van der Waals surface area contributed by atoms with Crippen LogP contribution in [0.1, 0.15) is 39.0 Å². The first-order valence-corrected chi connectivity index (χ1v) is 10.5. The standard InChI is InChI=1S/C17H32O6Si/c1-15(2)16(18)23-13-12-22-11-8-10-17(19-3)9-6-7-14-24(17,20-4)21-5/h1,6-14H2,2-5H3. The summed E-state index contributed by atoms with van der Waals surface area (Å²) in [5.74, 6) is -0.380. The number of rotatable bonds is 11. The van der Waals surface area contributed by atoms with Crippen LogP contribution in [0.4, 0.5) is 0 Å². The topological polar surface area (TPSA) is 63.2 Å². The first-order valence-electron chi connectivity index (χ1n) is 8.53. The first kappa shape index (κ1) is 21.3. The summed E-state index contributed by atoms with van der Waals surface area (Å²) >= 11 is 0. The molecule has 0 spiro atoms. The summed E-state index contributed by atoms with van der Waals surface area (Å²) in [5.41, 5.74) is 0.398. The van der Waals surface area contributed by atoms with Gasteiger partial charge < -0.3 is 23.1 Å². The number of carbonyl (C=O) groups is 1. The molecule has 0 aromatic carbocycles. The monoisotopic (exact) mass is 360 g/mol. The van der Waals surface area contributed by atoms with Crippen LogP contribution >= 0.6 is 0 Å². The van der Waals surface area contributed by atoms with Crippen LogP contribution in [0.2, 0.25) is 6.04 Å². The maximum Gasteiger partial charge on any atom is 0.370 e. The maximum atomic E-state index is 11.2. The van der Waals surface area contributed by atoms with E-state index in [1.165, 1.54) is 0 Å². The van der Waals surface area contributed by atoms with E-state index in [0.717, 1.165) is 38.1 Å². The van der Waals surface area contributed by atoms with Crippen LogP contribution in [-0.4, -0.2) is 60.9 Å². The lowest BCUT2D eigenvalue weighted by Crippen LogP contribution is -2.64. The normalized spacial score (nSPS) is 23.0. The third kappa shape index (κ3) is 5.13. The van der Waals surface area contributed by atoms with Gasteiger partial charge in [0.05, 0.1) is 6.61 Å². The summed E-state index contributed by atoms with van der Waals surface area (Å²) in [6.45, 7) is 6.38. The largest absolute Gasteiger partial charge is 0.460 e. The Labute approximate surface area is 146 Å². The van der Waals surface area contributed by atoms with Crippen LogP contribution in [0, 0.1) is 0 Å². The quantitative estimate of drug-likeness (QED) is 0.244.